The van der Waals surface area contributed by atoms with E-state index in [2.05, 4.69) is 23.3 Å². The van der Waals surface area contributed by atoms with E-state index in [1.54, 1.807) is 0 Å². The lowest BCUT2D eigenvalue weighted by Gasteiger charge is -2.36. The molecule has 0 radical (unpaired) electrons. The molecule has 1 fully saturated rings. The highest BCUT2D eigenvalue weighted by molar-refractivity contribution is 7.80. The minimum Gasteiger partial charge on any atom is -0.344 e. The highest BCUT2D eigenvalue weighted by Gasteiger charge is 2.29. The molecule has 1 saturated heterocycles. The zero-order valence-electron chi connectivity index (χ0n) is 11.1. The summed E-state index contributed by atoms with van der Waals surface area (Å²) in [5.74, 6) is 0.123. The Balaban J connectivity index is 2.66. The fourth-order valence-corrected chi connectivity index (χ4v) is 2.59. The maximum atomic E-state index is 12.4. The van der Waals surface area contributed by atoms with E-state index in [1.165, 1.54) is 6.92 Å². The van der Waals surface area contributed by atoms with Crippen molar-refractivity contribution in [2.75, 3.05) is 25.4 Å². The Kier molecular flexibility index (Phi) is 6.49. The maximum absolute atomic E-state index is 12.4. The second kappa shape index (κ2) is 7.63. The molecule has 5 nitrogen and oxygen atoms in total. The number of amides is 2. The van der Waals surface area contributed by atoms with Gasteiger partial charge in [0.2, 0.25) is 11.8 Å². The van der Waals surface area contributed by atoms with E-state index >= 15 is 0 Å². The third kappa shape index (κ3) is 4.17. The third-order valence-electron chi connectivity index (χ3n) is 3.23. The molecular formula is C12H23N3O2S. The standard InChI is InChI=1S/C12H23N3O2S/c1-3-15(10-4-6-13-7-5-10)12(17)11(8-18)14-9(2)16/h10-11,13,18H,3-8H2,1-2H3,(H,14,16). The molecule has 0 spiro atoms. The zero-order chi connectivity index (χ0) is 13.5. The molecule has 1 aliphatic heterocycles. The average molecular weight is 273 g/mol. The molecule has 0 aromatic rings. The van der Waals surface area contributed by atoms with Crippen molar-refractivity contribution in [2.45, 2.75) is 38.8 Å². The molecule has 104 valence electrons. The lowest BCUT2D eigenvalue weighted by Crippen LogP contribution is -2.54. The van der Waals surface area contributed by atoms with Crippen LogP contribution in [0.25, 0.3) is 0 Å². The van der Waals surface area contributed by atoms with Gasteiger partial charge in [-0.15, -0.1) is 0 Å². The summed E-state index contributed by atoms with van der Waals surface area (Å²) in [5.41, 5.74) is 0. The number of thiol groups is 1. The van der Waals surface area contributed by atoms with Crippen LogP contribution >= 0.6 is 12.6 Å². The van der Waals surface area contributed by atoms with Crippen molar-refractivity contribution in [1.29, 1.82) is 0 Å². The summed E-state index contributed by atoms with van der Waals surface area (Å²) in [6.07, 6.45) is 1.94. The topological polar surface area (TPSA) is 61.4 Å². The van der Waals surface area contributed by atoms with Crippen LogP contribution in [0.1, 0.15) is 26.7 Å². The van der Waals surface area contributed by atoms with E-state index in [1.807, 2.05) is 11.8 Å². The van der Waals surface area contributed by atoms with Crippen molar-refractivity contribution in [1.82, 2.24) is 15.5 Å². The predicted molar refractivity (Wildman–Crippen MR) is 74.7 cm³/mol. The first-order valence-electron chi connectivity index (χ1n) is 6.49. The van der Waals surface area contributed by atoms with Gasteiger partial charge in [-0.3, -0.25) is 9.59 Å². The Hall–Kier alpha value is -0.750. The number of carbonyl (C=O) groups excluding carboxylic acids is 2. The highest BCUT2D eigenvalue weighted by Crippen LogP contribution is 2.13. The van der Waals surface area contributed by atoms with Gasteiger partial charge in [-0.25, -0.2) is 0 Å². The van der Waals surface area contributed by atoms with Gasteiger partial charge in [-0.2, -0.15) is 12.6 Å². The van der Waals surface area contributed by atoms with E-state index in [-0.39, 0.29) is 17.9 Å². The number of piperidine rings is 1. The van der Waals surface area contributed by atoms with E-state index < -0.39 is 6.04 Å². The number of hydrogen-bond acceptors (Lipinski definition) is 4. The van der Waals surface area contributed by atoms with Crippen molar-refractivity contribution in [2.24, 2.45) is 0 Å². The molecule has 0 aromatic heterocycles. The number of rotatable bonds is 5. The van der Waals surface area contributed by atoms with Crippen LogP contribution in [-0.2, 0) is 9.59 Å². The molecule has 0 aromatic carbocycles. The third-order valence-corrected chi connectivity index (χ3v) is 3.60. The van der Waals surface area contributed by atoms with Crippen LogP contribution in [0, 0.1) is 0 Å². The molecule has 0 saturated carbocycles. The van der Waals surface area contributed by atoms with Crippen LogP contribution in [0.2, 0.25) is 0 Å². The maximum Gasteiger partial charge on any atom is 0.246 e. The number of carbonyl (C=O) groups is 2. The van der Waals surface area contributed by atoms with Crippen LogP contribution in [0.5, 0.6) is 0 Å². The summed E-state index contributed by atoms with van der Waals surface area (Å²) in [7, 11) is 0. The molecule has 0 bridgehead atoms. The SMILES string of the molecule is CCN(C(=O)C(CS)NC(C)=O)C1CCNCC1. The smallest absolute Gasteiger partial charge is 0.246 e. The van der Waals surface area contributed by atoms with E-state index in [4.69, 9.17) is 0 Å². The molecule has 6 heteroatoms. The van der Waals surface area contributed by atoms with Gasteiger partial charge in [0.25, 0.3) is 0 Å². The molecule has 0 aliphatic carbocycles. The predicted octanol–water partition coefficient (Wildman–Crippen LogP) is 0.0214. The van der Waals surface area contributed by atoms with Gasteiger partial charge in [0.05, 0.1) is 0 Å². The largest absolute Gasteiger partial charge is 0.344 e. The van der Waals surface area contributed by atoms with Crippen molar-refractivity contribution in [3.05, 3.63) is 0 Å². The van der Waals surface area contributed by atoms with E-state index in [0.29, 0.717) is 12.3 Å². The average Bonchev–Trinajstić information content (AvgIpc) is 2.37. The molecule has 1 unspecified atom stereocenters. The zero-order valence-corrected chi connectivity index (χ0v) is 12.0. The fraction of sp³-hybridized carbons (Fsp3) is 0.833. The van der Waals surface area contributed by atoms with Crippen molar-refractivity contribution < 1.29 is 9.59 Å². The first-order valence-corrected chi connectivity index (χ1v) is 7.12. The Labute approximate surface area is 114 Å². The summed E-state index contributed by atoms with van der Waals surface area (Å²) in [4.78, 5) is 25.3. The first-order chi connectivity index (χ1) is 8.60. The summed E-state index contributed by atoms with van der Waals surface area (Å²) in [6.45, 7) is 5.96. The molecule has 18 heavy (non-hydrogen) atoms. The van der Waals surface area contributed by atoms with Crippen LogP contribution in [0.4, 0.5) is 0 Å². The summed E-state index contributed by atoms with van der Waals surface area (Å²) < 4.78 is 0. The quantitative estimate of drug-likeness (QED) is 0.619. The van der Waals surface area contributed by atoms with Crippen molar-refractivity contribution >= 4 is 24.4 Å². The minimum atomic E-state index is -0.513. The van der Waals surface area contributed by atoms with Gasteiger partial charge in [0.1, 0.15) is 6.04 Å². The second-order valence-corrected chi connectivity index (χ2v) is 4.91. The number of nitrogens with zero attached hydrogens (tertiary/aromatic N) is 1. The van der Waals surface area contributed by atoms with Crippen LogP contribution in [0.15, 0.2) is 0 Å². The van der Waals surface area contributed by atoms with Crippen LogP contribution in [0.3, 0.4) is 0 Å². The van der Waals surface area contributed by atoms with Gasteiger partial charge in [-0.05, 0) is 32.9 Å². The van der Waals surface area contributed by atoms with Crippen LogP contribution < -0.4 is 10.6 Å². The molecule has 1 atom stereocenters. The minimum absolute atomic E-state index is 0.0189. The number of hydrogen-bond donors (Lipinski definition) is 3. The molecule has 2 N–H and O–H groups in total. The van der Waals surface area contributed by atoms with Crippen molar-refractivity contribution in [3.63, 3.8) is 0 Å². The molecule has 2 amide bonds. The Morgan fingerprint density at radius 3 is 2.50 bits per heavy atom. The molecule has 1 aliphatic rings. The monoisotopic (exact) mass is 273 g/mol. The number of nitrogens with one attached hydrogen (secondary N) is 2. The Morgan fingerprint density at radius 2 is 2.06 bits per heavy atom. The van der Waals surface area contributed by atoms with Gasteiger partial charge in [0, 0.05) is 25.3 Å². The normalized spacial score (nSPS) is 18.2. The van der Waals surface area contributed by atoms with Gasteiger partial charge >= 0.3 is 0 Å². The fourth-order valence-electron chi connectivity index (χ4n) is 2.34. The van der Waals surface area contributed by atoms with Gasteiger partial charge in [0.15, 0.2) is 0 Å². The highest BCUT2D eigenvalue weighted by atomic mass is 32.1. The van der Waals surface area contributed by atoms with E-state index in [0.717, 1.165) is 25.9 Å². The molecule has 1 heterocycles. The Morgan fingerprint density at radius 1 is 1.44 bits per heavy atom. The summed E-state index contributed by atoms with van der Waals surface area (Å²) in [5, 5.41) is 5.95. The van der Waals surface area contributed by atoms with Crippen molar-refractivity contribution in [3.8, 4) is 0 Å². The van der Waals surface area contributed by atoms with Gasteiger partial charge in [-0.1, -0.05) is 0 Å². The Bertz CT molecular complexity index is 293. The summed E-state index contributed by atoms with van der Waals surface area (Å²) >= 11 is 4.15. The molecule has 1 rings (SSSR count). The molecular weight excluding hydrogens is 250 g/mol. The lowest BCUT2D eigenvalue weighted by molar-refractivity contribution is -0.137. The first kappa shape index (κ1) is 15.3. The van der Waals surface area contributed by atoms with Crippen LogP contribution in [-0.4, -0.2) is 54.2 Å². The number of likely N-dealkylation sites (N-methyl/N-ethyl adjacent to an activating group) is 1. The summed E-state index contributed by atoms with van der Waals surface area (Å²) in [6, 6.07) is -0.236. The van der Waals surface area contributed by atoms with E-state index in [9.17, 15) is 9.59 Å². The lowest BCUT2D eigenvalue weighted by atomic mass is 10.0. The second-order valence-electron chi connectivity index (χ2n) is 4.54. The van der Waals surface area contributed by atoms with Gasteiger partial charge < -0.3 is 15.5 Å².